The summed E-state index contributed by atoms with van der Waals surface area (Å²) in [6.07, 6.45) is 5.37. The quantitative estimate of drug-likeness (QED) is 0.472. The highest BCUT2D eigenvalue weighted by molar-refractivity contribution is 7.18. The van der Waals surface area contributed by atoms with E-state index in [-0.39, 0.29) is 11.9 Å². The van der Waals surface area contributed by atoms with E-state index in [1.807, 2.05) is 12.1 Å². The minimum atomic E-state index is -0.121. The standard InChI is InChI=1S/C27H33N3O5S/c1-32-20-9-6-10-23-25(20)29-24(36-23)15-30-18-7-5-8-19(30)14-17(13-18)28-27(31)16-11-21(33-2)26(35-4)22(12-16)34-3/h6,9-12,17-19H,5,7-8,13-15H2,1-4H3,(H,28,31). The first-order valence-electron chi connectivity index (χ1n) is 12.3. The Labute approximate surface area is 215 Å². The maximum absolute atomic E-state index is 13.2. The van der Waals surface area contributed by atoms with Crippen LogP contribution < -0.4 is 24.3 Å². The number of ether oxygens (including phenoxy) is 4. The minimum Gasteiger partial charge on any atom is -0.494 e. The topological polar surface area (TPSA) is 82.2 Å². The average Bonchev–Trinajstić information content (AvgIpc) is 3.30. The number of nitrogens with one attached hydrogen (secondary N) is 1. The van der Waals surface area contributed by atoms with Crippen LogP contribution in [0, 0.1) is 0 Å². The Kier molecular flexibility index (Phi) is 7.20. The lowest BCUT2D eigenvalue weighted by molar-refractivity contribution is 0.0177. The second-order valence-corrected chi connectivity index (χ2v) is 10.5. The van der Waals surface area contributed by atoms with Gasteiger partial charge in [0.1, 0.15) is 16.3 Å². The van der Waals surface area contributed by atoms with E-state index in [1.54, 1.807) is 51.9 Å². The van der Waals surface area contributed by atoms with Crippen LogP contribution in [0.15, 0.2) is 30.3 Å². The fraction of sp³-hybridized carbons (Fsp3) is 0.481. The van der Waals surface area contributed by atoms with E-state index in [0.717, 1.165) is 53.2 Å². The van der Waals surface area contributed by atoms with Gasteiger partial charge in [-0.3, -0.25) is 9.69 Å². The number of nitrogens with zero attached hydrogens (tertiary/aromatic N) is 2. The van der Waals surface area contributed by atoms with E-state index >= 15 is 0 Å². The van der Waals surface area contributed by atoms with E-state index in [9.17, 15) is 4.79 Å². The van der Waals surface area contributed by atoms with Crippen LogP contribution in [0.5, 0.6) is 23.0 Å². The van der Waals surface area contributed by atoms with Gasteiger partial charge >= 0.3 is 0 Å². The number of aromatic nitrogens is 1. The summed E-state index contributed by atoms with van der Waals surface area (Å²) in [4.78, 5) is 20.7. The summed E-state index contributed by atoms with van der Waals surface area (Å²) in [5.41, 5.74) is 1.44. The summed E-state index contributed by atoms with van der Waals surface area (Å²) in [7, 11) is 6.35. The van der Waals surface area contributed by atoms with Gasteiger partial charge in [0.15, 0.2) is 11.5 Å². The third-order valence-corrected chi connectivity index (χ3v) is 8.36. The fourth-order valence-corrected chi connectivity index (χ4v) is 6.69. The highest BCUT2D eigenvalue weighted by atomic mass is 32.1. The molecule has 3 heterocycles. The van der Waals surface area contributed by atoms with Crippen molar-refractivity contribution in [2.24, 2.45) is 0 Å². The lowest BCUT2D eigenvalue weighted by Gasteiger charge is -2.48. The van der Waals surface area contributed by atoms with Crippen LogP contribution in [0.1, 0.15) is 47.5 Å². The zero-order chi connectivity index (χ0) is 25.2. The molecule has 1 amide bonds. The molecular formula is C27H33N3O5S. The molecule has 9 heteroatoms. The van der Waals surface area contributed by atoms with Crippen molar-refractivity contribution in [1.82, 2.24) is 15.2 Å². The van der Waals surface area contributed by atoms with Crippen molar-refractivity contribution < 1.29 is 23.7 Å². The van der Waals surface area contributed by atoms with Crippen molar-refractivity contribution in [2.45, 2.75) is 56.8 Å². The lowest BCUT2D eigenvalue weighted by Crippen LogP contribution is -2.56. The summed E-state index contributed by atoms with van der Waals surface area (Å²) < 4.78 is 22.9. The molecule has 2 atom stereocenters. The molecule has 36 heavy (non-hydrogen) atoms. The number of para-hydroxylation sites is 1. The van der Waals surface area contributed by atoms with Crippen LogP contribution in [0.2, 0.25) is 0 Å². The minimum absolute atomic E-state index is 0.121. The van der Waals surface area contributed by atoms with Crippen LogP contribution >= 0.6 is 11.3 Å². The molecule has 5 rings (SSSR count). The van der Waals surface area contributed by atoms with Crippen LogP contribution in [0.4, 0.5) is 0 Å². The Morgan fingerprint density at radius 3 is 2.28 bits per heavy atom. The first-order valence-corrected chi connectivity index (χ1v) is 13.1. The van der Waals surface area contributed by atoms with Gasteiger partial charge in [0.05, 0.1) is 39.7 Å². The van der Waals surface area contributed by atoms with Crippen molar-refractivity contribution in [2.75, 3.05) is 28.4 Å². The van der Waals surface area contributed by atoms with Crippen LogP contribution in [0.25, 0.3) is 10.2 Å². The average molecular weight is 512 g/mol. The van der Waals surface area contributed by atoms with E-state index in [4.69, 9.17) is 23.9 Å². The predicted octanol–water partition coefficient (Wildman–Crippen LogP) is 4.65. The molecule has 2 bridgehead atoms. The molecule has 2 aliphatic heterocycles. The Morgan fingerprint density at radius 2 is 1.67 bits per heavy atom. The summed E-state index contributed by atoms with van der Waals surface area (Å²) in [5, 5.41) is 4.39. The Hall–Kier alpha value is -3.04. The molecule has 192 valence electrons. The molecule has 2 saturated heterocycles. The molecule has 2 aliphatic rings. The van der Waals surface area contributed by atoms with Crippen molar-refractivity contribution in [3.63, 3.8) is 0 Å². The molecule has 2 aromatic carbocycles. The fourth-order valence-electron chi connectivity index (χ4n) is 5.69. The van der Waals surface area contributed by atoms with Gasteiger partial charge < -0.3 is 24.3 Å². The number of methoxy groups -OCH3 is 4. The van der Waals surface area contributed by atoms with E-state index in [1.165, 1.54) is 6.42 Å². The van der Waals surface area contributed by atoms with Gasteiger partial charge in [0, 0.05) is 23.7 Å². The smallest absolute Gasteiger partial charge is 0.251 e. The molecule has 8 nitrogen and oxygen atoms in total. The number of piperidine rings is 2. The molecule has 1 N–H and O–H groups in total. The highest BCUT2D eigenvalue weighted by Gasteiger charge is 2.39. The molecule has 3 aromatic rings. The normalized spacial score (nSPS) is 21.7. The van der Waals surface area contributed by atoms with Crippen LogP contribution in [0.3, 0.4) is 0 Å². The number of benzene rings is 2. The molecule has 1 aromatic heterocycles. The van der Waals surface area contributed by atoms with Gasteiger partial charge in [-0.05, 0) is 49.9 Å². The number of fused-ring (bicyclic) bond motifs is 3. The van der Waals surface area contributed by atoms with Crippen LogP contribution in [-0.4, -0.2) is 62.4 Å². The largest absolute Gasteiger partial charge is 0.494 e. The Morgan fingerprint density at radius 1 is 1.00 bits per heavy atom. The maximum atomic E-state index is 13.2. The molecule has 0 aliphatic carbocycles. The van der Waals surface area contributed by atoms with Crippen molar-refractivity contribution in [3.8, 4) is 23.0 Å². The molecule has 2 unspecified atom stereocenters. The number of amides is 1. The molecule has 0 spiro atoms. The summed E-state index contributed by atoms with van der Waals surface area (Å²) in [6, 6.07) is 10.5. The molecule has 0 saturated carbocycles. The maximum Gasteiger partial charge on any atom is 0.251 e. The number of carbonyl (C=O) groups is 1. The number of hydrogen-bond donors (Lipinski definition) is 1. The highest BCUT2D eigenvalue weighted by Crippen LogP contribution is 2.39. The SMILES string of the molecule is COc1cc(C(=O)NC2CC3CCCC(C2)N3Cc2nc3c(OC)cccc3s2)cc(OC)c1OC. The lowest BCUT2D eigenvalue weighted by atomic mass is 9.81. The summed E-state index contributed by atoms with van der Waals surface area (Å²) in [5.74, 6) is 2.13. The zero-order valence-corrected chi connectivity index (χ0v) is 22.0. The number of carbonyl (C=O) groups excluding carboxylic acids is 1. The van der Waals surface area contributed by atoms with Crippen molar-refractivity contribution >= 4 is 27.5 Å². The molecule has 2 fully saturated rings. The van der Waals surface area contributed by atoms with Gasteiger partial charge in [-0.2, -0.15) is 0 Å². The second-order valence-electron chi connectivity index (χ2n) is 9.38. The van der Waals surface area contributed by atoms with Gasteiger partial charge in [-0.25, -0.2) is 4.98 Å². The Bertz CT molecular complexity index is 1210. The molecule has 0 radical (unpaired) electrons. The zero-order valence-electron chi connectivity index (χ0n) is 21.2. The number of rotatable bonds is 8. The van der Waals surface area contributed by atoms with Crippen molar-refractivity contribution in [1.29, 1.82) is 0 Å². The van der Waals surface area contributed by atoms with Gasteiger partial charge in [0.25, 0.3) is 5.91 Å². The van der Waals surface area contributed by atoms with Gasteiger partial charge in [0.2, 0.25) is 5.75 Å². The van der Waals surface area contributed by atoms with Gasteiger partial charge in [-0.15, -0.1) is 11.3 Å². The monoisotopic (exact) mass is 511 g/mol. The molecular weight excluding hydrogens is 478 g/mol. The van der Waals surface area contributed by atoms with E-state index in [0.29, 0.717) is 34.9 Å². The Balaban J connectivity index is 1.29. The summed E-state index contributed by atoms with van der Waals surface area (Å²) >= 11 is 1.74. The third kappa shape index (κ3) is 4.69. The number of thiazole rings is 1. The third-order valence-electron chi connectivity index (χ3n) is 7.35. The van der Waals surface area contributed by atoms with Crippen LogP contribution in [-0.2, 0) is 6.54 Å². The van der Waals surface area contributed by atoms with E-state index in [2.05, 4.69) is 16.3 Å². The summed E-state index contributed by atoms with van der Waals surface area (Å²) in [6.45, 7) is 0.839. The predicted molar refractivity (Wildman–Crippen MR) is 140 cm³/mol. The van der Waals surface area contributed by atoms with E-state index < -0.39 is 0 Å². The first kappa shape index (κ1) is 24.6. The number of hydrogen-bond acceptors (Lipinski definition) is 8. The van der Waals surface area contributed by atoms with Crippen molar-refractivity contribution in [3.05, 3.63) is 40.9 Å². The van der Waals surface area contributed by atoms with Gasteiger partial charge in [-0.1, -0.05) is 12.5 Å². The second kappa shape index (κ2) is 10.5. The first-order chi connectivity index (χ1) is 17.5.